The molecule has 5 nitrogen and oxygen atoms in total. The first-order valence-corrected chi connectivity index (χ1v) is 8.32. The molecule has 3 rings (SSSR count). The molecule has 0 aliphatic heterocycles. The Balaban J connectivity index is 1.98. The Hall–Kier alpha value is -2.95. The lowest BCUT2D eigenvalue weighted by Gasteiger charge is -2.12. The van der Waals surface area contributed by atoms with E-state index in [0.29, 0.717) is 35.1 Å². The number of rotatable bonds is 5. The first-order chi connectivity index (χ1) is 12.1. The Morgan fingerprint density at radius 1 is 0.960 bits per heavy atom. The van der Waals surface area contributed by atoms with Crippen molar-refractivity contribution < 1.29 is 9.84 Å². The molecule has 0 unspecified atom stereocenters. The Bertz CT molecular complexity index is 877. The minimum Gasteiger partial charge on any atom is -0.507 e. The lowest BCUT2D eigenvalue weighted by atomic mass is 10.1. The Labute approximate surface area is 147 Å². The monoisotopic (exact) mass is 335 g/mol. The number of aromatic nitrogens is 3. The van der Waals surface area contributed by atoms with Crippen molar-refractivity contribution in [2.24, 2.45) is 0 Å². The van der Waals surface area contributed by atoms with Gasteiger partial charge in [-0.3, -0.25) is 0 Å². The van der Waals surface area contributed by atoms with Gasteiger partial charge < -0.3 is 9.84 Å². The molecule has 0 aliphatic rings. The summed E-state index contributed by atoms with van der Waals surface area (Å²) in [6.07, 6.45) is 2.38. The molecule has 0 saturated carbocycles. The van der Waals surface area contributed by atoms with Crippen molar-refractivity contribution in [1.29, 1.82) is 0 Å². The predicted molar refractivity (Wildman–Crippen MR) is 97.6 cm³/mol. The van der Waals surface area contributed by atoms with Gasteiger partial charge in [-0.2, -0.15) is 0 Å². The highest BCUT2D eigenvalue weighted by atomic mass is 16.5. The molecule has 1 N–H and O–H groups in total. The topological polar surface area (TPSA) is 68.1 Å². The van der Waals surface area contributed by atoms with Crippen LogP contribution in [-0.2, 0) is 0 Å². The van der Waals surface area contributed by atoms with Crippen molar-refractivity contribution in [1.82, 2.24) is 15.0 Å². The van der Waals surface area contributed by atoms with Gasteiger partial charge in [-0.05, 0) is 32.4 Å². The number of nitrogens with zero attached hydrogens (tertiary/aromatic N) is 3. The average Bonchev–Trinajstić information content (AvgIpc) is 2.64. The Kier molecular flexibility index (Phi) is 4.93. The van der Waals surface area contributed by atoms with Gasteiger partial charge in [0.05, 0.1) is 12.2 Å². The van der Waals surface area contributed by atoms with Gasteiger partial charge in [-0.15, -0.1) is 0 Å². The third-order valence-electron chi connectivity index (χ3n) is 3.97. The summed E-state index contributed by atoms with van der Waals surface area (Å²) in [7, 11) is 0. The second kappa shape index (κ2) is 7.30. The highest BCUT2D eigenvalue weighted by Crippen LogP contribution is 2.35. The zero-order valence-electron chi connectivity index (χ0n) is 14.7. The smallest absolute Gasteiger partial charge is 0.167 e. The van der Waals surface area contributed by atoms with Crippen LogP contribution in [0.5, 0.6) is 11.5 Å². The molecule has 128 valence electrons. The second-order valence-electron chi connectivity index (χ2n) is 5.93. The standard InChI is InChI=1S/C20H21N3O2/c1-4-11-25-17-10-9-16(18(24)14(17)3)20-22-12-21-19(23-20)15-7-5-13(2)6-8-15/h5-10,12,24H,4,11H2,1-3H3. The zero-order chi connectivity index (χ0) is 17.8. The number of hydrogen-bond acceptors (Lipinski definition) is 5. The molecule has 3 aromatic rings. The summed E-state index contributed by atoms with van der Waals surface area (Å²) in [5.41, 5.74) is 3.34. The van der Waals surface area contributed by atoms with Crippen molar-refractivity contribution >= 4 is 0 Å². The zero-order valence-corrected chi connectivity index (χ0v) is 14.7. The number of hydrogen-bond donors (Lipinski definition) is 1. The van der Waals surface area contributed by atoms with Gasteiger partial charge in [-0.1, -0.05) is 36.8 Å². The van der Waals surface area contributed by atoms with Crippen LogP contribution >= 0.6 is 0 Å². The van der Waals surface area contributed by atoms with Gasteiger partial charge in [0.25, 0.3) is 0 Å². The Morgan fingerprint density at radius 2 is 1.68 bits per heavy atom. The summed E-state index contributed by atoms with van der Waals surface area (Å²) >= 11 is 0. The molecule has 0 saturated heterocycles. The maximum Gasteiger partial charge on any atom is 0.167 e. The second-order valence-corrected chi connectivity index (χ2v) is 5.93. The van der Waals surface area contributed by atoms with Crippen LogP contribution in [0.25, 0.3) is 22.8 Å². The number of aryl methyl sites for hydroxylation is 1. The molecular formula is C20H21N3O2. The average molecular weight is 335 g/mol. The number of benzene rings is 2. The van der Waals surface area contributed by atoms with Crippen molar-refractivity contribution in [3.8, 4) is 34.3 Å². The maximum absolute atomic E-state index is 10.5. The fourth-order valence-electron chi connectivity index (χ4n) is 2.50. The minimum atomic E-state index is 0.134. The third kappa shape index (κ3) is 3.60. The molecular weight excluding hydrogens is 314 g/mol. The van der Waals surface area contributed by atoms with Gasteiger partial charge in [0.15, 0.2) is 11.6 Å². The van der Waals surface area contributed by atoms with Crippen LogP contribution < -0.4 is 4.74 Å². The summed E-state index contributed by atoms with van der Waals surface area (Å²) in [6.45, 7) is 6.52. The molecule has 0 radical (unpaired) electrons. The van der Waals surface area contributed by atoms with Gasteiger partial charge in [0.1, 0.15) is 17.8 Å². The molecule has 5 heteroatoms. The summed E-state index contributed by atoms with van der Waals surface area (Å²) in [6, 6.07) is 11.6. The van der Waals surface area contributed by atoms with Gasteiger partial charge in [-0.25, -0.2) is 15.0 Å². The molecule has 1 aromatic heterocycles. The summed E-state index contributed by atoms with van der Waals surface area (Å²) in [4.78, 5) is 13.0. The third-order valence-corrected chi connectivity index (χ3v) is 3.97. The molecule has 0 bridgehead atoms. The molecule has 0 spiro atoms. The maximum atomic E-state index is 10.5. The summed E-state index contributed by atoms with van der Waals surface area (Å²) < 4.78 is 5.65. The molecule has 0 amide bonds. The van der Waals surface area contributed by atoms with E-state index in [1.807, 2.05) is 51.1 Å². The van der Waals surface area contributed by atoms with E-state index in [0.717, 1.165) is 12.0 Å². The first-order valence-electron chi connectivity index (χ1n) is 8.32. The first kappa shape index (κ1) is 16.9. The number of phenolic OH excluding ortho intramolecular Hbond substituents is 1. The van der Waals surface area contributed by atoms with E-state index < -0.39 is 0 Å². The van der Waals surface area contributed by atoms with Gasteiger partial charge >= 0.3 is 0 Å². The lowest BCUT2D eigenvalue weighted by molar-refractivity contribution is 0.313. The highest BCUT2D eigenvalue weighted by molar-refractivity contribution is 5.69. The van der Waals surface area contributed by atoms with Crippen LogP contribution in [0.2, 0.25) is 0 Å². The van der Waals surface area contributed by atoms with E-state index in [9.17, 15) is 5.11 Å². The van der Waals surface area contributed by atoms with Crippen LogP contribution in [0, 0.1) is 13.8 Å². The molecule has 1 heterocycles. The van der Waals surface area contributed by atoms with Crippen molar-refractivity contribution in [3.63, 3.8) is 0 Å². The van der Waals surface area contributed by atoms with E-state index >= 15 is 0 Å². The van der Waals surface area contributed by atoms with Crippen LogP contribution in [0.3, 0.4) is 0 Å². The summed E-state index contributed by atoms with van der Waals surface area (Å²) in [5, 5.41) is 10.5. The van der Waals surface area contributed by atoms with Crippen molar-refractivity contribution in [3.05, 3.63) is 53.9 Å². The normalized spacial score (nSPS) is 10.7. The SMILES string of the molecule is CCCOc1ccc(-c2ncnc(-c3ccc(C)cc3)n2)c(O)c1C. The Morgan fingerprint density at radius 3 is 2.40 bits per heavy atom. The highest BCUT2D eigenvalue weighted by Gasteiger charge is 2.15. The van der Waals surface area contributed by atoms with E-state index in [1.165, 1.54) is 11.9 Å². The van der Waals surface area contributed by atoms with E-state index in [2.05, 4.69) is 15.0 Å². The number of phenols is 1. The predicted octanol–water partition coefficient (Wildman–Crippen LogP) is 4.32. The van der Waals surface area contributed by atoms with E-state index in [-0.39, 0.29) is 5.75 Å². The van der Waals surface area contributed by atoms with Gasteiger partial charge in [0.2, 0.25) is 0 Å². The molecule has 0 fully saturated rings. The fraction of sp³-hybridized carbons (Fsp3) is 0.250. The number of ether oxygens (including phenoxy) is 1. The van der Waals surface area contributed by atoms with Crippen molar-refractivity contribution in [2.45, 2.75) is 27.2 Å². The number of aromatic hydroxyl groups is 1. The lowest BCUT2D eigenvalue weighted by Crippen LogP contribution is -1.99. The van der Waals surface area contributed by atoms with Crippen LogP contribution in [0.15, 0.2) is 42.7 Å². The van der Waals surface area contributed by atoms with Crippen LogP contribution in [0.4, 0.5) is 0 Å². The minimum absolute atomic E-state index is 0.134. The quantitative estimate of drug-likeness (QED) is 0.752. The summed E-state index contributed by atoms with van der Waals surface area (Å²) in [5.74, 6) is 1.83. The molecule has 25 heavy (non-hydrogen) atoms. The van der Waals surface area contributed by atoms with Gasteiger partial charge in [0, 0.05) is 11.1 Å². The molecule has 0 aliphatic carbocycles. The van der Waals surface area contributed by atoms with E-state index in [4.69, 9.17) is 4.74 Å². The largest absolute Gasteiger partial charge is 0.507 e. The fourth-order valence-corrected chi connectivity index (χ4v) is 2.50. The molecule has 2 aromatic carbocycles. The van der Waals surface area contributed by atoms with E-state index in [1.54, 1.807) is 6.07 Å². The molecule has 0 atom stereocenters. The van der Waals surface area contributed by atoms with Crippen LogP contribution in [-0.4, -0.2) is 26.7 Å². The van der Waals surface area contributed by atoms with Crippen molar-refractivity contribution in [2.75, 3.05) is 6.61 Å². The van der Waals surface area contributed by atoms with Crippen LogP contribution in [0.1, 0.15) is 24.5 Å².